The molecule has 0 aliphatic carbocycles. The number of benzene rings is 1. The zero-order valence-corrected chi connectivity index (χ0v) is 12.1. The third-order valence-electron chi connectivity index (χ3n) is 3.27. The first-order chi connectivity index (χ1) is 8.75. The van der Waals surface area contributed by atoms with Crippen molar-refractivity contribution in [1.29, 1.82) is 0 Å². The largest absolute Gasteiger partial charge is 0.352 e. The van der Waals surface area contributed by atoms with Crippen LogP contribution in [-0.2, 0) is 13.0 Å². The van der Waals surface area contributed by atoms with Gasteiger partial charge in [0.15, 0.2) is 0 Å². The second-order valence-electron chi connectivity index (χ2n) is 4.35. The minimum absolute atomic E-state index is 0.824. The summed E-state index contributed by atoms with van der Waals surface area (Å²) in [6.07, 6.45) is 2.82. The summed E-state index contributed by atoms with van der Waals surface area (Å²) in [5.74, 6) is 1.01. The summed E-state index contributed by atoms with van der Waals surface area (Å²) < 4.78 is 1.16. The van der Waals surface area contributed by atoms with Crippen molar-refractivity contribution in [2.24, 2.45) is 0 Å². The molecule has 0 atom stereocenters. The topological polar surface area (TPSA) is 16.1 Å². The molecule has 2 nitrogen and oxygen atoms in total. The summed E-state index contributed by atoms with van der Waals surface area (Å²) in [6, 6.07) is 9.96. The lowest BCUT2D eigenvalue weighted by Gasteiger charge is -2.30. The zero-order valence-electron chi connectivity index (χ0n) is 9.74. The molecule has 18 heavy (non-hydrogen) atoms. The molecule has 92 valence electrons. The number of pyridine rings is 1. The monoisotopic (exact) mass is 322 g/mol. The van der Waals surface area contributed by atoms with Crippen molar-refractivity contribution in [2.75, 3.05) is 11.4 Å². The van der Waals surface area contributed by atoms with E-state index in [4.69, 9.17) is 11.6 Å². The van der Waals surface area contributed by atoms with Crippen LogP contribution in [0.3, 0.4) is 0 Å². The van der Waals surface area contributed by atoms with Gasteiger partial charge in [0, 0.05) is 28.8 Å². The molecule has 0 amide bonds. The fraction of sp³-hybridized carbons (Fsp3) is 0.214. The SMILES string of the molecule is Clc1ccc(Br)c2c1CN(c1ccccn1)CC2. The van der Waals surface area contributed by atoms with E-state index in [0.29, 0.717) is 0 Å². The number of nitrogens with zero attached hydrogens (tertiary/aromatic N) is 2. The summed E-state index contributed by atoms with van der Waals surface area (Å²) in [5.41, 5.74) is 2.54. The average Bonchev–Trinajstić information content (AvgIpc) is 2.44. The molecule has 0 unspecified atom stereocenters. The van der Waals surface area contributed by atoms with Crippen LogP contribution >= 0.6 is 27.5 Å². The fourth-order valence-corrected chi connectivity index (χ4v) is 3.14. The van der Waals surface area contributed by atoms with E-state index in [1.54, 1.807) is 0 Å². The van der Waals surface area contributed by atoms with Crippen LogP contribution in [0, 0.1) is 0 Å². The summed E-state index contributed by atoms with van der Waals surface area (Å²) >= 11 is 9.90. The van der Waals surface area contributed by atoms with Crippen molar-refractivity contribution in [2.45, 2.75) is 13.0 Å². The maximum absolute atomic E-state index is 6.30. The van der Waals surface area contributed by atoms with Gasteiger partial charge in [-0.25, -0.2) is 4.98 Å². The number of aromatic nitrogens is 1. The van der Waals surface area contributed by atoms with Gasteiger partial charge in [0.25, 0.3) is 0 Å². The summed E-state index contributed by atoms with van der Waals surface area (Å²) in [4.78, 5) is 6.66. The van der Waals surface area contributed by atoms with E-state index >= 15 is 0 Å². The molecular weight excluding hydrogens is 312 g/mol. The van der Waals surface area contributed by atoms with E-state index in [1.807, 2.05) is 36.5 Å². The van der Waals surface area contributed by atoms with Crippen LogP contribution in [0.2, 0.25) is 5.02 Å². The fourth-order valence-electron chi connectivity index (χ4n) is 2.33. The zero-order chi connectivity index (χ0) is 12.5. The van der Waals surface area contributed by atoms with Crippen LogP contribution < -0.4 is 4.90 Å². The quantitative estimate of drug-likeness (QED) is 0.787. The van der Waals surface area contributed by atoms with Gasteiger partial charge in [-0.3, -0.25) is 0 Å². The number of halogens is 2. The Morgan fingerprint density at radius 1 is 1.17 bits per heavy atom. The second-order valence-corrected chi connectivity index (χ2v) is 5.61. The number of anilines is 1. The van der Waals surface area contributed by atoms with Crippen LogP contribution in [0.1, 0.15) is 11.1 Å². The molecular formula is C14H12BrClN2. The Morgan fingerprint density at radius 2 is 2.06 bits per heavy atom. The van der Waals surface area contributed by atoms with Gasteiger partial charge in [0.2, 0.25) is 0 Å². The minimum Gasteiger partial charge on any atom is -0.352 e. The number of fused-ring (bicyclic) bond motifs is 1. The molecule has 1 aliphatic heterocycles. The van der Waals surface area contributed by atoms with Gasteiger partial charge in [-0.2, -0.15) is 0 Å². The van der Waals surface area contributed by atoms with Gasteiger partial charge in [0.1, 0.15) is 5.82 Å². The molecule has 0 fully saturated rings. The van der Waals surface area contributed by atoms with E-state index in [2.05, 4.69) is 25.8 Å². The maximum Gasteiger partial charge on any atom is 0.128 e. The summed E-state index contributed by atoms with van der Waals surface area (Å²) in [5, 5.41) is 0.842. The number of hydrogen-bond acceptors (Lipinski definition) is 2. The highest BCUT2D eigenvalue weighted by Gasteiger charge is 2.21. The molecule has 0 N–H and O–H groups in total. The summed E-state index contributed by atoms with van der Waals surface area (Å²) in [7, 11) is 0. The predicted octanol–water partition coefficient (Wildman–Crippen LogP) is 4.06. The maximum atomic E-state index is 6.30. The van der Waals surface area contributed by atoms with Crippen molar-refractivity contribution in [3.05, 3.63) is 57.2 Å². The van der Waals surface area contributed by atoms with Crippen LogP contribution in [0.25, 0.3) is 0 Å². The van der Waals surface area contributed by atoms with Gasteiger partial charge in [-0.15, -0.1) is 0 Å². The van der Waals surface area contributed by atoms with E-state index < -0.39 is 0 Å². The third-order valence-corrected chi connectivity index (χ3v) is 4.37. The highest BCUT2D eigenvalue weighted by Crippen LogP contribution is 2.33. The van der Waals surface area contributed by atoms with E-state index in [-0.39, 0.29) is 0 Å². The van der Waals surface area contributed by atoms with Crippen LogP contribution in [0.4, 0.5) is 5.82 Å². The molecule has 2 heterocycles. The Labute approximate surface area is 120 Å². The van der Waals surface area contributed by atoms with Crippen molar-refractivity contribution in [1.82, 2.24) is 4.98 Å². The van der Waals surface area contributed by atoms with E-state index in [9.17, 15) is 0 Å². The number of hydrogen-bond donors (Lipinski definition) is 0. The van der Waals surface area contributed by atoms with Gasteiger partial charge >= 0.3 is 0 Å². The van der Waals surface area contributed by atoms with Crippen molar-refractivity contribution < 1.29 is 0 Å². The first kappa shape index (κ1) is 12.0. The Morgan fingerprint density at radius 3 is 2.83 bits per heavy atom. The molecule has 4 heteroatoms. The molecule has 0 radical (unpaired) electrons. The van der Waals surface area contributed by atoms with Gasteiger partial charge in [-0.05, 0) is 41.8 Å². The first-order valence-corrected chi connectivity index (χ1v) is 7.04. The van der Waals surface area contributed by atoms with Gasteiger partial charge < -0.3 is 4.90 Å². The Bertz CT molecular complexity index is 572. The molecule has 0 spiro atoms. The Hall–Kier alpha value is -1.06. The standard InChI is InChI=1S/C14H12BrClN2/c15-12-4-5-13(16)11-9-18(8-6-10(11)12)14-3-1-2-7-17-14/h1-5,7H,6,8-9H2. The lowest BCUT2D eigenvalue weighted by Crippen LogP contribution is -2.31. The molecule has 3 rings (SSSR count). The molecule has 1 aromatic heterocycles. The molecule has 1 aromatic carbocycles. The van der Waals surface area contributed by atoms with E-state index in [1.165, 1.54) is 11.1 Å². The predicted molar refractivity (Wildman–Crippen MR) is 78.1 cm³/mol. The van der Waals surface area contributed by atoms with Gasteiger partial charge in [-0.1, -0.05) is 33.6 Å². The van der Waals surface area contributed by atoms with Crippen LogP contribution in [0.15, 0.2) is 41.0 Å². The third kappa shape index (κ3) is 2.13. The van der Waals surface area contributed by atoms with E-state index in [0.717, 1.165) is 34.8 Å². The van der Waals surface area contributed by atoms with Crippen molar-refractivity contribution in [3.8, 4) is 0 Å². The lowest BCUT2D eigenvalue weighted by molar-refractivity contribution is 0.719. The van der Waals surface area contributed by atoms with Gasteiger partial charge in [0.05, 0.1) is 0 Å². The molecule has 2 aromatic rings. The Kier molecular flexibility index (Phi) is 3.27. The van der Waals surface area contributed by atoms with Crippen LogP contribution in [0.5, 0.6) is 0 Å². The van der Waals surface area contributed by atoms with Crippen LogP contribution in [-0.4, -0.2) is 11.5 Å². The minimum atomic E-state index is 0.824. The highest BCUT2D eigenvalue weighted by molar-refractivity contribution is 9.10. The molecule has 0 saturated heterocycles. The first-order valence-electron chi connectivity index (χ1n) is 5.87. The lowest BCUT2D eigenvalue weighted by atomic mass is 10.00. The van der Waals surface area contributed by atoms with Crippen molar-refractivity contribution in [3.63, 3.8) is 0 Å². The molecule has 0 bridgehead atoms. The summed E-state index contributed by atoms with van der Waals surface area (Å²) in [6.45, 7) is 1.80. The molecule has 0 saturated carbocycles. The normalized spacial score (nSPS) is 14.4. The average molecular weight is 324 g/mol. The number of rotatable bonds is 1. The Balaban J connectivity index is 1.96. The smallest absolute Gasteiger partial charge is 0.128 e. The molecule has 1 aliphatic rings. The second kappa shape index (κ2) is 4.90. The van der Waals surface area contributed by atoms with Crippen molar-refractivity contribution >= 4 is 33.3 Å². The highest BCUT2D eigenvalue weighted by atomic mass is 79.9.